The van der Waals surface area contributed by atoms with Crippen LogP contribution in [0.4, 0.5) is 4.39 Å². The standard InChI is InChI=1S/C24H31FN2O4S2/c1-17-5-7-19(8-6-17)22(27-11-3-4-12-27)14-26-21-15-32(28,29)16-24(21)33(30,31)23-10-9-20(25)13-18(23)2/h5-10,13,21-22,24,26H,3-4,11-12,14-16H2,1-2H3/t21-,22?,24-/m0/s1. The third-order valence-electron chi connectivity index (χ3n) is 6.76. The molecule has 2 aliphatic rings. The third-order valence-corrected chi connectivity index (χ3v) is 11.1. The fourth-order valence-electron chi connectivity index (χ4n) is 4.97. The lowest BCUT2D eigenvalue weighted by Gasteiger charge is -2.30. The number of rotatable bonds is 7. The summed E-state index contributed by atoms with van der Waals surface area (Å²) in [5.41, 5.74) is 2.58. The SMILES string of the molecule is Cc1ccc(C(CN[C@H]2CS(=O)(=O)C[C@@H]2S(=O)(=O)c2ccc(F)cc2C)N2CCCC2)cc1. The molecule has 0 radical (unpaired) electrons. The first-order valence-corrected chi connectivity index (χ1v) is 14.7. The summed E-state index contributed by atoms with van der Waals surface area (Å²) in [6.07, 6.45) is 2.22. The van der Waals surface area contributed by atoms with E-state index in [1.54, 1.807) is 0 Å². The van der Waals surface area contributed by atoms with E-state index < -0.39 is 42.5 Å². The molecular formula is C24H31FN2O4S2. The van der Waals surface area contributed by atoms with Crippen LogP contribution in [0.1, 0.15) is 35.6 Å². The maximum Gasteiger partial charge on any atom is 0.184 e. The summed E-state index contributed by atoms with van der Waals surface area (Å²) in [5, 5.41) is 2.20. The van der Waals surface area contributed by atoms with Crippen LogP contribution < -0.4 is 5.32 Å². The van der Waals surface area contributed by atoms with Crippen molar-refractivity contribution in [3.05, 3.63) is 65.0 Å². The van der Waals surface area contributed by atoms with Gasteiger partial charge in [-0.2, -0.15) is 0 Å². The van der Waals surface area contributed by atoms with Crippen LogP contribution >= 0.6 is 0 Å². The quantitative estimate of drug-likeness (QED) is 0.596. The zero-order valence-electron chi connectivity index (χ0n) is 19.0. The lowest BCUT2D eigenvalue weighted by Crippen LogP contribution is -2.46. The van der Waals surface area contributed by atoms with Crippen LogP contribution in [0.15, 0.2) is 47.4 Å². The molecule has 2 heterocycles. The van der Waals surface area contributed by atoms with Gasteiger partial charge in [0.15, 0.2) is 19.7 Å². The minimum Gasteiger partial charge on any atom is -0.310 e. The first kappa shape index (κ1) is 24.3. The second-order valence-corrected chi connectivity index (χ2v) is 13.5. The first-order valence-electron chi connectivity index (χ1n) is 11.3. The van der Waals surface area contributed by atoms with E-state index in [2.05, 4.69) is 34.5 Å². The summed E-state index contributed by atoms with van der Waals surface area (Å²) in [6.45, 7) is 5.93. The molecular weight excluding hydrogens is 463 g/mol. The molecule has 0 aromatic heterocycles. The highest BCUT2D eigenvalue weighted by atomic mass is 32.2. The van der Waals surface area contributed by atoms with Gasteiger partial charge < -0.3 is 5.32 Å². The number of nitrogens with one attached hydrogen (secondary N) is 1. The molecule has 1 unspecified atom stereocenters. The molecule has 1 N–H and O–H groups in total. The van der Waals surface area contributed by atoms with E-state index in [0.29, 0.717) is 6.54 Å². The topological polar surface area (TPSA) is 83.5 Å². The lowest BCUT2D eigenvalue weighted by atomic mass is 10.0. The van der Waals surface area contributed by atoms with Gasteiger partial charge in [0.2, 0.25) is 0 Å². The number of aryl methyl sites for hydroxylation is 2. The van der Waals surface area contributed by atoms with E-state index in [4.69, 9.17) is 0 Å². The first-order chi connectivity index (χ1) is 15.6. The van der Waals surface area contributed by atoms with Crippen molar-refractivity contribution < 1.29 is 21.2 Å². The smallest absolute Gasteiger partial charge is 0.184 e. The van der Waals surface area contributed by atoms with Crippen molar-refractivity contribution in [2.24, 2.45) is 0 Å². The van der Waals surface area contributed by atoms with Crippen LogP contribution in [0, 0.1) is 19.7 Å². The summed E-state index contributed by atoms with van der Waals surface area (Å²) in [4.78, 5) is 2.36. The third kappa shape index (κ3) is 5.31. The summed E-state index contributed by atoms with van der Waals surface area (Å²) in [6, 6.07) is 11.1. The number of hydrogen-bond acceptors (Lipinski definition) is 6. The largest absolute Gasteiger partial charge is 0.310 e. The Hall–Kier alpha value is -1.81. The second-order valence-electron chi connectivity index (χ2n) is 9.25. The van der Waals surface area contributed by atoms with Gasteiger partial charge in [0.05, 0.1) is 21.7 Å². The Labute approximate surface area is 196 Å². The average molecular weight is 495 g/mol. The van der Waals surface area contributed by atoms with Gasteiger partial charge in [-0.3, -0.25) is 4.90 Å². The van der Waals surface area contributed by atoms with Gasteiger partial charge in [-0.25, -0.2) is 21.2 Å². The Kier molecular flexibility index (Phi) is 6.96. The van der Waals surface area contributed by atoms with Gasteiger partial charge >= 0.3 is 0 Å². The van der Waals surface area contributed by atoms with E-state index >= 15 is 0 Å². The molecule has 2 aromatic carbocycles. The van der Waals surface area contributed by atoms with Crippen molar-refractivity contribution in [3.8, 4) is 0 Å². The van der Waals surface area contributed by atoms with E-state index in [1.165, 1.54) is 19.1 Å². The van der Waals surface area contributed by atoms with Crippen molar-refractivity contribution in [1.82, 2.24) is 10.2 Å². The van der Waals surface area contributed by atoms with Gasteiger partial charge in [0, 0.05) is 18.6 Å². The summed E-state index contributed by atoms with van der Waals surface area (Å²) >= 11 is 0. The van der Waals surface area contributed by atoms with E-state index in [9.17, 15) is 21.2 Å². The zero-order chi connectivity index (χ0) is 23.8. The van der Waals surface area contributed by atoms with Gasteiger partial charge in [-0.15, -0.1) is 0 Å². The molecule has 0 amide bonds. The second kappa shape index (κ2) is 9.44. The molecule has 0 spiro atoms. The van der Waals surface area contributed by atoms with Crippen molar-refractivity contribution in [2.45, 2.75) is 48.9 Å². The highest BCUT2D eigenvalue weighted by Crippen LogP contribution is 2.30. The van der Waals surface area contributed by atoms with Crippen LogP contribution in [0.3, 0.4) is 0 Å². The maximum absolute atomic E-state index is 13.5. The van der Waals surface area contributed by atoms with Crippen molar-refractivity contribution in [1.29, 1.82) is 0 Å². The van der Waals surface area contributed by atoms with E-state index in [-0.39, 0.29) is 22.3 Å². The zero-order valence-corrected chi connectivity index (χ0v) is 20.6. The van der Waals surface area contributed by atoms with Crippen molar-refractivity contribution in [3.63, 3.8) is 0 Å². The Bertz CT molecular complexity index is 1210. The fourth-order valence-corrected chi connectivity index (χ4v) is 9.91. The van der Waals surface area contributed by atoms with E-state index in [1.807, 2.05) is 6.92 Å². The number of sulfone groups is 2. The fraction of sp³-hybridized carbons (Fsp3) is 0.500. The van der Waals surface area contributed by atoms with Crippen molar-refractivity contribution in [2.75, 3.05) is 31.1 Å². The number of halogens is 1. The molecule has 4 rings (SSSR count). The predicted octanol–water partition coefficient (Wildman–Crippen LogP) is 2.81. The number of nitrogens with zero attached hydrogens (tertiary/aromatic N) is 1. The van der Waals surface area contributed by atoms with Gasteiger partial charge in [-0.05, 0) is 69.1 Å². The van der Waals surface area contributed by atoms with Gasteiger partial charge in [0.1, 0.15) is 5.82 Å². The Morgan fingerprint density at radius 1 is 1.06 bits per heavy atom. The van der Waals surface area contributed by atoms with Crippen LogP contribution in [0.5, 0.6) is 0 Å². The van der Waals surface area contributed by atoms with E-state index in [0.717, 1.165) is 43.1 Å². The van der Waals surface area contributed by atoms with Crippen LogP contribution in [-0.4, -0.2) is 64.2 Å². The highest BCUT2D eigenvalue weighted by Gasteiger charge is 2.46. The average Bonchev–Trinajstić information content (AvgIpc) is 3.37. The molecule has 2 fully saturated rings. The normalized spacial score (nSPS) is 24.2. The Morgan fingerprint density at radius 2 is 1.73 bits per heavy atom. The molecule has 180 valence electrons. The Balaban J connectivity index is 1.60. The molecule has 2 aliphatic heterocycles. The number of hydrogen-bond donors (Lipinski definition) is 1. The summed E-state index contributed by atoms with van der Waals surface area (Å²) in [5.74, 6) is -1.17. The van der Waals surface area contributed by atoms with Gasteiger partial charge in [-0.1, -0.05) is 29.8 Å². The number of benzene rings is 2. The molecule has 33 heavy (non-hydrogen) atoms. The molecule has 2 aromatic rings. The molecule has 2 saturated heterocycles. The molecule has 3 atom stereocenters. The minimum absolute atomic E-state index is 0.00701. The van der Waals surface area contributed by atoms with Crippen LogP contribution in [0.2, 0.25) is 0 Å². The number of likely N-dealkylation sites (tertiary alicyclic amines) is 1. The van der Waals surface area contributed by atoms with Gasteiger partial charge in [0.25, 0.3) is 0 Å². The maximum atomic E-state index is 13.5. The van der Waals surface area contributed by atoms with Crippen LogP contribution in [0.25, 0.3) is 0 Å². The molecule has 6 nitrogen and oxygen atoms in total. The van der Waals surface area contributed by atoms with Crippen LogP contribution in [-0.2, 0) is 19.7 Å². The minimum atomic E-state index is -3.97. The summed E-state index contributed by atoms with van der Waals surface area (Å²) < 4.78 is 65.4. The monoisotopic (exact) mass is 494 g/mol. The summed E-state index contributed by atoms with van der Waals surface area (Å²) in [7, 11) is -7.49. The lowest BCUT2D eigenvalue weighted by molar-refractivity contribution is 0.234. The Morgan fingerprint density at radius 3 is 2.36 bits per heavy atom. The highest BCUT2D eigenvalue weighted by molar-refractivity contribution is 7.96. The van der Waals surface area contributed by atoms with Crippen molar-refractivity contribution >= 4 is 19.7 Å². The molecule has 0 bridgehead atoms. The molecule has 9 heteroatoms. The molecule has 0 saturated carbocycles. The predicted molar refractivity (Wildman–Crippen MR) is 127 cm³/mol. The molecule has 0 aliphatic carbocycles.